The molecule has 0 aromatic heterocycles. The van der Waals surface area contributed by atoms with Crippen molar-refractivity contribution in [1.82, 2.24) is 5.32 Å². The molecule has 0 aliphatic heterocycles. The van der Waals surface area contributed by atoms with Crippen LogP contribution in [0.3, 0.4) is 0 Å². The quantitative estimate of drug-likeness (QED) is 0.642. The molecule has 5 nitrogen and oxygen atoms in total. The maximum Gasteiger partial charge on any atom is 0.246 e. The van der Waals surface area contributed by atoms with Gasteiger partial charge >= 0.3 is 0 Å². The topological polar surface area (TPSA) is 73.6 Å². The van der Waals surface area contributed by atoms with Crippen molar-refractivity contribution < 1.29 is 14.3 Å². The molecule has 0 radical (unpaired) electrons. The Hall–Kier alpha value is -0.360. The Morgan fingerprint density at radius 3 is 2.72 bits per heavy atom. The first kappa shape index (κ1) is 17.6. The van der Waals surface area contributed by atoms with E-state index in [1.165, 1.54) is 0 Å². The van der Waals surface area contributed by atoms with E-state index in [0.29, 0.717) is 32.3 Å². The highest BCUT2D eigenvalue weighted by molar-refractivity contribution is 5.85. The minimum Gasteiger partial charge on any atom is -0.379 e. The van der Waals surface area contributed by atoms with Gasteiger partial charge in [0.1, 0.15) is 6.61 Å². The van der Waals surface area contributed by atoms with Gasteiger partial charge in [0.2, 0.25) is 5.91 Å². The van der Waals surface area contributed by atoms with Crippen LogP contribution in [0.25, 0.3) is 0 Å². The van der Waals surface area contributed by atoms with Crippen LogP contribution in [0.1, 0.15) is 26.2 Å². The molecule has 0 aromatic rings. The van der Waals surface area contributed by atoms with Crippen LogP contribution in [0.5, 0.6) is 0 Å². The second kappa shape index (κ2) is 10.6. The summed E-state index contributed by atoms with van der Waals surface area (Å²) >= 11 is 0. The zero-order chi connectivity index (χ0) is 12.5. The number of rotatable bonds is 8. The van der Waals surface area contributed by atoms with E-state index >= 15 is 0 Å². The van der Waals surface area contributed by atoms with Crippen molar-refractivity contribution in [3.63, 3.8) is 0 Å². The molecular formula is C12H25ClN2O3. The maximum absolute atomic E-state index is 11.6. The monoisotopic (exact) mass is 280 g/mol. The Morgan fingerprint density at radius 1 is 1.33 bits per heavy atom. The van der Waals surface area contributed by atoms with Gasteiger partial charge in [0.05, 0.1) is 13.2 Å². The van der Waals surface area contributed by atoms with Gasteiger partial charge in [-0.15, -0.1) is 12.4 Å². The van der Waals surface area contributed by atoms with Crippen LogP contribution in [-0.2, 0) is 14.3 Å². The van der Waals surface area contributed by atoms with Crippen molar-refractivity contribution in [2.75, 3.05) is 33.0 Å². The lowest BCUT2D eigenvalue weighted by molar-refractivity contribution is -0.127. The normalized spacial score (nSPS) is 22.6. The van der Waals surface area contributed by atoms with Gasteiger partial charge in [-0.3, -0.25) is 4.79 Å². The number of nitrogens with two attached hydrogens (primary N) is 1. The van der Waals surface area contributed by atoms with Gasteiger partial charge in [-0.1, -0.05) is 6.42 Å². The lowest BCUT2D eigenvalue weighted by Gasteiger charge is -2.19. The molecule has 0 saturated heterocycles. The Balaban J connectivity index is 0.00000289. The summed E-state index contributed by atoms with van der Waals surface area (Å²) in [6.07, 6.45) is 3.30. The molecule has 2 atom stereocenters. The summed E-state index contributed by atoms with van der Waals surface area (Å²) in [6, 6.07) is 0.239. The maximum atomic E-state index is 11.6. The summed E-state index contributed by atoms with van der Waals surface area (Å²) in [5.74, 6) is 0.384. The van der Waals surface area contributed by atoms with Gasteiger partial charge in [-0.25, -0.2) is 0 Å². The van der Waals surface area contributed by atoms with E-state index in [1.807, 2.05) is 6.92 Å². The van der Waals surface area contributed by atoms with Gasteiger partial charge in [0.25, 0.3) is 0 Å². The van der Waals surface area contributed by atoms with Crippen LogP contribution < -0.4 is 11.1 Å². The third-order valence-corrected chi connectivity index (χ3v) is 3.12. The zero-order valence-electron chi connectivity index (χ0n) is 11.0. The van der Waals surface area contributed by atoms with E-state index in [-0.39, 0.29) is 31.0 Å². The highest BCUT2D eigenvalue weighted by Gasteiger charge is 2.27. The van der Waals surface area contributed by atoms with Crippen molar-refractivity contribution in [3.05, 3.63) is 0 Å². The number of ether oxygens (including phenoxy) is 2. The van der Waals surface area contributed by atoms with Crippen molar-refractivity contribution in [2.45, 2.75) is 32.2 Å². The summed E-state index contributed by atoms with van der Waals surface area (Å²) in [5.41, 5.74) is 5.66. The van der Waals surface area contributed by atoms with Crippen LogP contribution in [0.15, 0.2) is 0 Å². The fraction of sp³-hybridized carbons (Fsp3) is 0.917. The first-order valence-electron chi connectivity index (χ1n) is 6.42. The minimum atomic E-state index is -0.0492. The predicted octanol–water partition coefficient (Wildman–Crippen LogP) is 0.705. The number of nitrogens with one attached hydrogen (secondary N) is 1. The van der Waals surface area contributed by atoms with E-state index in [1.54, 1.807) is 0 Å². The number of halogens is 1. The third-order valence-electron chi connectivity index (χ3n) is 3.12. The molecule has 1 saturated carbocycles. The molecule has 0 spiro atoms. The fourth-order valence-corrected chi connectivity index (χ4v) is 2.18. The van der Waals surface area contributed by atoms with Crippen LogP contribution in [0.2, 0.25) is 0 Å². The van der Waals surface area contributed by atoms with Crippen LogP contribution in [-0.4, -0.2) is 44.9 Å². The third kappa shape index (κ3) is 6.54. The predicted molar refractivity (Wildman–Crippen MR) is 72.9 cm³/mol. The molecule has 1 fully saturated rings. The molecule has 2 unspecified atom stereocenters. The van der Waals surface area contributed by atoms with Crippen molar-refractivity contribution >= 4 is 18.3 Å². The number of carbonyl (C=O) groups is 1. The number of hydrogen-bond acceptors (Lipinski definition) is 4. The molecule has 1 aliphatic rings. The van der Waals surface area contributed by atoms with E-state index in [2.05, 4.69) is 5.32 Å². The summed E-state index contributed by atoms with van der Waals surface area (Å²) in [5, 5.41) is 2.99. The van der Waals surface area contributed by atoms with Crippen LogP contribution >= 0.6 is 12.4 Å². The van der Waals surface area contributed by atoms with E-state index < -0.39 is 0 Å². The van der Waals surface area contributed by atoms with Crippen molar-refractivity contribution in [1.29, 1.82) is 0 Å². The molecule has 0 aromatic carbocycles. The van der Waals surface area contributed by atoms with Gasteiger partial charge in [0.15, 0.2) is 0 Å². The van der Waals surface area contributed by atoms with Gasteiger partial charge in [-0.05, 0) is 32.2 Å². The lowest BCUT2D eigenvalue weighted by atomic mass is 10.0. The van der Waals surface area contributed by atoms with E-state index in [9.17, 15) is 4.79 Å². The molecular weight excluding hydrogens is 256 g/mol. The van der Waals surface area contributed by atoms with Gasteiger partial charge in [0, 0.05) is 12.6 Å². The highest BCUT2D eigenvalue weighted by Crippen LogP contribution is 2.24. The minimum absolute atomic E-state index is 0. The molecule has 18 heavy (non-hydrogen) atoms. The standard InChI is InChI=1S/C12H24N2O3.ClH/c1-2-16-6-7-17-9-12(15)14-11-5-3-4-10(11)8-13;/h10-11H,2-9,13H2,1H3,(H,14,15);1H. The Kier molecular flexibility index (Phi) is 10.3. The average molecular weight is 281 g/mol. The molecule has 108 valence electrons. The molecule has 0 bridgehead atoms. The largest absolute Gasteiger partial charge is 0.379 e. The van der Waals surface area contributed by atoms with E-state index in [0.717, 1.165) is 19.3 Å². The molecule has 1 rings (SSSR count). The van der Waals surface area contributed by atoms with Gasteiger partial charge < -0.3 is 20.5 Å². The molecule has 1 amide bonds. The summed E-state index contributed by atoms with van der Waals surface area (Å²) in [7, 11) is 0. The number of amides is 1. The van der Waals surface area contributed by atoms with Gasteiger partial charge in [-0.2, -0.15) is 0 Å². The Bertz CT molecular complexity index is 229. The number of hydrogen-bond donors (Lipinski definition) is 2. The number of carbonyl (C=O) groups excluding carboxylic acids is 1. The molecule has 3 N–H and O–H groups in total. The van der Waals surface area contributed by atoms with E-state index in [4.69, 9.17) is 15.2 Å². The zero-order valence-corrected chi connectivity index (χ0v) is 11.8. The van der Waals surface area contributed by atoms with Crippen molar-refractivity contribution in [2.24, 2.45) is 11.7 Å². The molecule has 0 heterocycles. The first-order chi connectivity index (χ1) is 8.27. The summed E-state index contributed by atoms with van der Waals surface area (Å²) in [6.45, 7) is 4.37. The Morgan fingerprint density at radius 2 is 2.06 bits per heavy atom. The summed E-state index contributed by atoms with van der Waals surface area (Å²) in [4.78, 5) is 11.6. The van der Waals surface area contributed by atoms with Crippen LogP contribution in [0.4, 0.5) is 0 Å². The average Bonchev–Trinajstić information content (AvgIpc) is 2.76. The summed E-state index contributed by atoms with van der Waals surface area (Å²) < 4.78 is 10.3. The lowest BCUT2D eigenvalue weighted by Crippen LogP contribution is -2.41. The fourth-order valence-electron chi connectivity index (χ4n) is 2.18. The first-order valence-corrected chi connectivity index (χ1v) is 6.42. The van der Waals surface area contributed by atoms with Crippen molar-refractivity contribution in [3.8, 4) is 0 Å². The highest BCUT2D eigenvalue weighted by atomic mass is 35.5. The van der Waals surface area contributed by atoms with Crippen LogP contribution in [0, 0.1) is 5.92 Å². The Labute approximate surface area is 115 Å². The second-order valence-electron chi connectivity index (χ2n) is 4.35. The SMILES string of the molecule is CCOCCOCC(=O)NC1CCCC1CN.Cl. The molecule has 1 aliphatic carbocycles. The smallest absolute Gasteiger partial charge is 0.246 e. The molecule has 6 heteroatoms. The second-order valence-corrected chi connectivity index (χ2v) is 4.35.